The first-order valence-corrected chi connectivity index (χ1v) is 8.99. The number of carbonyl (C=O) groups excluding carboxylic acids is 1. The van der Waals surface area contributed by atoms with E-state index in [0.29, 0.717) is 28.3 Å². The van der Waals surface area contributed by atoms with Crippen LogP contribution >= 0.6 is 0 Å². The van der Waals surface area contributed by atoms with Crippen LogP contribution in [0.4, 0.5) is 14.5 Å². The molecule has 4 rings (SSSR count). The summed E-state index contributed by atoms with van der Waals surface area (Å²) in [5, 5.41) is 7.31. The molecule has 0 aliphatic rings. The lowest BCUT2D eigenvalue weighted by atomic mass is 10.1. The SMILES string of the molecule is Cc1ccc(-n2nc(-c3ccc(F)cc3)cc2C(=O)Nc2ccc(F)cc2)cc1. The Morgan fingerprint density at radius 2 is 1.45 bits per heavy atom. The molecule has 4 aromatic rings. The smallest absolute Gasteiger partial charge is 0.274 e. The third-order valence-corrected chi connectivity index (χ3v) is 4.46. The van der Waals surface area contributed by atoms with E-state index < -0.39 is 5.91 Å². The van der Waals surface area contributed by atoms with E-state index in [0.717, 1.165) is 5.56 Å². The van der Waals surface area contributed by atoms with Crippen LogP contribution in [0.5, 0.6) is 0 Å². The molecular formula is C23H17F2N3O. The van der Waals surface area contributed by atoms with Gasteiger partial charge in [0.05, 0.1) is 11.4 Å². The molecular weight excluding hydrogens is 372 g/mol. The highest BCUT2D eigenvalue weighted by Crippen LogP contribution is 2.23. The van der Waals surface area contributed by atoms with E-state index in [4.69, 9.17) is 0 Å². The highest BCUT2D eigenvalue weighted by atomic mass is 19.1. The van der Waals surface area contributed by atoms with Gasteiger partial charge in [0.15, 0.2) is 0 Å². The third-order valence-electron chi connectivity index (χ3n) is 4.46. The van der Waals surface area contributed by atoms with Gasteiger partial charge in [0.2, 0.25) is 0 Å². The Hall–Kier alpha value is -3.80. The molecule has 0 spiro atoms. The molecule has 0 saturated heterocycles. The van der Waals surface area contributed by atoms with Gasteiger partial charge < -0.3 is 5.32 Å². The number of nitrogens with zero attached hydrogens (tertiary/aromatic N) is 2. The summed E-state index contributed by atoms with van der Waals surface area (Å²) in [6.45, 7) is 1.97. The van der Waals surface area contributed by atoms with Crippen molar-refractivity contribution in [1.29, 1.82) is 0 Å². The van der Waals surface area contributed by atoms with E-state index in [1.807, 2.05) is 31.2 Å². The van der Waals surface area contributed by atoms with Crippen molar-refractivity contribution in [1.82, 2.24) is 9.78 Å². The highest BCUT2D eigenvalue weighted by molar-refractivity contribution is 6.04. The molecule has 29 heavy (non-hydrogen) atoms. The van der Waals surface area contributed by atoms with Crippen LogP contribution < -0.4 is 5.32 Å². The average molecular weight is 389 g/mol. The first-order valence-electron chi connectivity index (χ1n) is 8.99. The summed E-state index contributed by atoms with van der Waals surface area (Å²) in [4.78, 5) is 12.9. The summed E-state index contributed by atoms with van der Waals surface area (Å²) >= 11 is 0. The quantitative estimate of drug-likeness (QED) is 0.509. The molecule has 1 N–H and O–H groups in total. The van der Waals surface area contributed by atoms with Crippen molar-refractivity contribution in [3.05, 3.63) is 102 Å². The molecule has 3 aromatic carbocycles. The maximum absolute atomic E-state index is 13.3. The number of hydrogen-bond acceptors (Lipinski definition) is 2. The van der Waals surface area contributed by atoms with E-state index in [-0.39, 0.29) is 11.6 Å². The van der Waals surface area contributed by atoms with Gasteiger partial charge in [-0.05, 0) is 73.7 Å². The minimum atomic E-state index is -0.391. The lowest BCUT2D eigenvalue weighted by Crippen LogP contribution is -2.17. The van der Waals surface area contributed by atoms with Gasteiger partial charge in [-0.15, -0.1) is 0 Å². The van der Waals surface area contributed by atoms with Crippen molar-refractivity contribution in [2.75, 3.05) is 5.32 Å². The van der Waals surface area contributed by atoms with Gasteiger partial charge in [0.25, 0.3) is 5.91 Å². The third kappa shape index (κ3) is 4.06. The number of rotatable bonds is 4. The summed E-state index contributed by atoms with van der Waals surface area (Å²) in [5.41, 5.74) is 3.79. The monoisotopic (exact) mass is 389 g/mol. The zero-order valence-electron chi connectivity index (χ0n) is 15.6. The number of benzene rings is 3. The van der Waals surface area contributed by atoms with Crippen LogP contribution in [-0.4, -0.2) is 15.7 Å². The van der Waals surface area contributed by atoms with Crippen LogP contribution in [0.2, 0.25) is 0 Å². The predicted octanol–water partition coefficient (Wildman–Crippen LogP) is 5.38. The Bertz CT molecular complexity index is 1150. The van der Waals surface area contributed by atoms with Crippen molar-refractivity contribution in [3.8, 4) is 16.9 Å². The minimum absolute atomic E-state index is 0.303. The fourth-order valence-electron chi connectivity index (χ4n) is 2.92. The van der Waals surface area contributed by atoms with Gasteiger partial charge in [0, 0.05) is 11.3 Å². The summed E-state index contributed by atoms with van der Waals surface area (Å²) in [6.07, 6.45) is 0. The molecule has 1 heterocycles. The van der Waals surface area contributed by atoms with Gasteiger partial charge in [-0.2, -0.15) is 5.10 Å². The molecule has 0 fully saturated rings. The molecule has 1 amide bonds. The molecule has 0 unspecified atom stereocenters. The molecule has 0 aliphatic carbocycles. The molecule has 0 bridgehead atoms. The van der Waals surface area contributed by atoms with Crippen LogP contribution in [0.1, 0.15) is 16.1 Å². The van der Waals surface area contributed by atoms with E-state index >= 15 is 0 Å². The first kappa shape index (κ1) is 18.6. The largest absolute Gasteiger partial charge is 0.321 e. The van der Waals surface area contributed by atoms with Gasteiger partial charge in [-0.1, -0.05) is 17.7 Å². The zero-order chi connectivity index (χ0) is 20.4. The Kier molecular flexibility index (Phi) is 4.91. The Morgan fingerprint density at radius 1 is 0.862 bits per heavy atom. The number of amides is 1. The predicted molar refractivity (Wildman–Crippen MR) is 108 cm³/mol. The van der Waals surface area contributed by atoms with Gasteiger partial charge >= 0.3 is 0 Å². The van der Waals surface area contributed by atoms with Crippen LogP contribution in [0, 0.1) is 18.6 Å². The van der Waals surface area contributed by atoms with Crippen LogP contribution in [0.25, 0.3) is 16.9 Å². The molecule has 0 saturated carbocycles. The van der Waals surface area contributed by atoms with E-state index in [1.54, 1.807) is 18.2 Å². The van der Waals surface area contributed by atoms with E-state index in [2.05, 4.69) is 10.4 Å². The van der Waals surface area contributed by atoms with Gasteiger partial charge in [-0.3, -0.25) is 4.79 Å². The molecule has 0 atom stereocenters. The van der Waals surface area contributed by atoms with E-state index in [9.17, 15) is 13.6 Å². The topological polar surface area (TPSA) is 46.9 Å². The van der Waals surface area contributed by atoms with Crippen molar-refractivity contribution in [3.63, 3.8) is 0 Å². The van der Waals surface area contributed by atoms with E-state index in [1.165, 1.54) is 41.1 Å². The molecule has 6 heteroatoms. The molecule has 0 aliphatic heterocycles. The summed E-state index contributed by atoms with van der Waals surface area (Å²) in [5.74, 6) is -1.12. The van der Waals surface area contributed by atoms with Crippen molar-refractivity contribution in [2.24, 2.45) is 0 Å². The maximum atomic E-state index is 13.3. The second-order valence-corrected chi connectivity index (χ2v) is 6.63. The van der Waals surface area contributed by atoms with Crippen LogP contribution in [-0.2, 0) is 0 Å². The standard InChI is InChI=1S/C23H17F2N3O/c1-15-2-12-20(13-3-15)28-22(23(29)26-19-10-8-18(25)9-11-19)14-21(27-28)16-4-6-17(24)7-5-16/h2-14H,1H3,(H,26,29). The Balaban J connectivity index is 1.75. The summed E-state index contributed by atoms with van der Waals surface area (Å²) in [7, 11) is 0. The number of aryl methyl sites for hydroxylation is 1. The number of carbonyl (C=O) groups is 1. The highest BCUT2D eigenvalue weighted by Gasteiger charge is 2.18. The normalized spacial score (nSPS) is 10.7. The maximum Gasteiger partial charge on any atom is 0.274 e. The Morgan fingerprint density at radius 3 is 2.07 bits per heavy atom. The van der Waals surface area contributed by atoms with Gasteiger partial charge in [0.1, 0.15) is 17.3 Å². The second-order valence-electron chi connectivity index (χ2n) is 6.63. The zero-order valence-corrected chi connectivity index (χ0v) is 15.6. The number of aromatic nitrogens is 2. The van der Waals surface area contributed by atoms with Crippen LogP contribution in [0.3, 0.4) is 0 Å². The number of hydrogen-bond donors (Lipinski definition) is 1. The summed E-state index contributed by atoms with van der Waals surface area (Å²) < 4.78 is 27.9. The molecule has 1 aromatic heterocycles. The first-order chi connectivity index (χ1) is 14.0. The fraction of sp³-hybridized carbons (Fsp3) is 0.0435. The van der Waals surface area contributed by atoms with Crippen molar-refractivity contribution >= 4 is 11.6 Å². The Labute approximate surface area is 166 Å². The second kappa shape index (κ2) is 7.67. The number of nitrogens with one attached hydrogen (secondary N) is 1. The lowest BCUT2D eigenvalue weighted by Gasteiger charge is -2.09. The average Bonchev–Trinajstić information content (AvgIpc) is 3.16. The van der Waals surface area contributed by atoms with Gasteiger partial charge in [-0.25, -0.2) is 13.5 Å². The number of halogens is 2. The summed E-state index contributed by atoms with van der Waals surface area (Å²) in [6, 6.07) is 20.7. The van der Waals surface area contributed by atoms with Crippen LogP contribution in [0.15, 0.2) is 78.9 Å². The lowest BCUT2D eigenvalue weighted by molar-refractivity contribution is 0.101. The molecule has 0 radical (unpaired) electrons. The van der Waals surface area contributed by atoms with Crippen molar-refractivity contribution < 1.29 is 13.6 Å². The molecule has 4 nitrogen and oxygen atoms in total. The fourth-order valence-corrected chi connectivity index (χ4v) is 2.92. The minimum Gasteiger partial charge on any atom is -0.321 e. The molecule has 144 valence electrons. The van der Waals surface area contributed by atoms with Crippen molar-refractivity contribution in [2.45, 2.75) is 6.92 Å². The number of anilines is 1.